The molecule has 7 nitrogen and oxygen atoms in total. The van der Waals surface area contributed by atoms with Crippen LogP contribution in [0.3, 0.4) is 0 Å². The second-order valence-corrected chi connectivity index (χ2v) is 8.32. The van der Waals surface area contributed by atoms with Gasteiger partial charge in [0.15, 0.2) is 5.82 Å². The molecule has 0 saturated carbocycles. The summed E-state index contributed by atoms with van der Waals surface area (Å²) in [4.78, 5) is 4.17. The number of nitrogens with zero attached hydrogens (tertiary/aromatic N) is 3. The summed E-state index contributed by atoms with van der Waals surface area (Å²) in [5.41, 5.74) is 0.190. The molecule has 0 aliphatic heterocycles. The normalized spacial score (nSPS) is 11.8. The van der Waals surface area contributed by atoms with Gasteiger partial charge in [0, 0.05) is 20.0 Å². The third-order valence-electron chi connectivity index (χ3n) is 4.05. The van der Waals surface area contributed by atoms with Crippen molar-refractivity contribution in [2.45, 2.75) is 11.3 Å². The lowest BCUT2D eigenvalue weighted by molar-refractivity contribution is 0.412. The van der Waals surface area contributed by atoms with Crippen LogP contribution in [0.15, 0.2) is 51.9 Å². The predicted octanol–water partition coefficient (Wildman–Crippen LogP) is 3.40. The number of sulfonamides is 1. The number of ether oxygens (including phenoxy) is 1. The Hall–Kier alpha value is -2.49. The Morgan fingerprint density at radius 3 is 2.68 bits per heavy atom. The number of rotatable bonds is 7. The van der Waals surface area contributed by atoms with Gasteiger partial charge in [0.2, 0.25) is 10.0 Å². The van der Waals surface area contributed by atoms with E-state index in [0.717, 1.165) is 4.31 Å². The Balaban J connectivity index is 1.71. The number of halogens is 2. The van der Waals surface area contributed by atoms with Crippen LogP contribution in [-0.4, -0.2) is 43.6 Å². The number of hydrogen-bond acceptors (Lipinski definition) is 6. The lowest BCUT2D eigenvalue weighted by Gasteiger charge is -2.17. The van der Waals surface area contributed by atoms with E-state index < -0.39 is 15.8 Å². The lowest BCUT2D eigenvalue weighted by atomic mass is 10.2. The monoisotopic (exact) mass is 425 g/mol. The van der Waals surface area contributed by atoms with Crippen LogP contribution in [0.4, 0.5) is 4.39 Å². The van der Waals surface area contributed by atoms with Crippen LogP contribution in [0.2, 0.25) is 5.02 Å². The minimum absolute atomic E-state index is 0.0422. The molecule has 0 N–H and O–H groups in total. The fraction of sp³-hybridized carbons (Fsp3) is 0.222. The highest BCUT2D eigenvalue weighted by Crippen LogP contribution is 2.28. The molecule has 10 heteroatoms. The minimum atomic E-state index is -3.76. The molecule has 0 bridgehead atoms. The zero-order valence-electron chi connectivity index (χ0n) is 15.1. The van der Waals surface area contributed by atoms with Gasteiger partial charge in [0.1, 0.15) is 11.6 Å². The predicted molar refractivity (Wildman–Crippen MR) is 101 cm³/mol. The topological polar surface area (TPSA) is 85.5 Å². The van der Waals surface area contributed by atoms with Gasteiger partial charge in [-0.3, -0.25) is 0 Å². The summed E-state index contributed by atoms with van der Waals surface area (Å²) >= 11 is 6.02. The lowest BCUT2D eigenvalue weighted by Crippen LogP contribution is -2.29. The molecule has 3 aromatic rings. The SMILES string of the molecule is COc1ccc(S(=O)(=O)N(C)CCc2noc(-c3ccccc3F)n2)cc1Cl. The van der Waals surface area contributed by atoms with Crippen LogP contribution in [0.1, 0.15) is 5.82 Å². The highest BCUT2D eigenvalue weighted by molar-refractivity contribution is 7.89. The van der Waals surface area contributed by atoms with Crippen molar-refractivity contribution in [2.75, 3.05) is 20.7 Å². The van der Waals surface area contributed by atoms with Crippen molar-refractivity contribution in [3.05, 3.63) is 59.1 Å². The first-order valence-electron chi connectivity index (χ1n) is 8.20. The molecular weight excluding hydrogens is 409 g/mol. The van der Waals surface area contributed by atoms with Gasteiger partial charge >= 0.3 is 0 Å². The molecule has 0 unspecified atom stereocenters. The highest BCUT2D eigenvalue weighted by Gasteiger charge is 2.22. The van der Waals surface area contributed by atoms with E-state index in [-0.39, 0.29) is 40.2 Å². The van der Waals surface area contributed by atoms with Gasteiger partial charge < -0.3 is 9.26 Å². The molecule has 0 saturated heterocycles. The number of hydrogen-bond donors (Lipinski definition) is 0. The second kappa shape index (κ2) is 8.26. The molecule has 0 radical (unpaired) electrons. The first-order valence-corrected chi connectivity index (χ1v) is 10.0. The van der Waals surface area contributed by atoms with Crippen molar-refractivity contribution in [1.82, 2.24) is 14.4 Å². The highest BCUT2D eigenvalue weighted by atomic mass is 35.5. The van der Waals surface area contributed by atoms with Crippen LogP contribution < -0.4 is 4.74 Å². The summed E-state index contributed by atoms with van der Waals surface area (Å²) in [6, 6.07) is 10.3. The summed E-state index contributed by atoms with van der Waals surface area (Å²) in [6.07, 6.45) is 0.192. The summed E-state index contributed by atoms with van der Waals surface area (Å²) in [7, 11) is -0.879. The fourth-order valence-corrected chi connectivity index (χ4v) is 3.99. The molecule has 3 rings (SSSR count). The molecule has 28 heavy (non-hydrogen) atoms. The Morgan fingerprint density at radius 1 is 1.25 bits per heavy atom. The molecule has 0 spiro atoms. The molecule has 2 aromatic carbocycles. The molecule has 0 aliphatic rings. The number of benzene rings is 2. The first-order chi connectivity index (χ1) is 13.3. The van der Waals surface area contributed by atoms with Crippen molar-refractivity contribution in [3.63, 3.8) is 0 Å². The Morgan fingerprint density at radius 2 is 2.00 bits per heavy atom. The van der Waals surface area contributed by atoms with Crippen LogP contribution in [-0.2, 0) is 16.4 Å². The standard InChI is InChI=1S/C18H17ClFN3O4S/c1-23(28(24,25)12-7-8-16(26-2)14(19)11-12)10-9-17-21-18(27-22-17)13-5-3-4-6-15(13)20/h3-8,11H,9-10H2,1-2H3. The van der Waals surface area contributed by atoms with E-state index in [2.05, 4.69) is 10.1 Å². The van der Waals surface area contributed by atoms with Gasteiger partial charge in [-0.1, -0.05) is 28.9 Å². The van der Waals surface area contributed by atoms with Gasteiger partial charge in [-0.05, 0) is 30.3 Å². The average Bonchev–Trinajstić information content (AvgIpc) is 3.15. The molecule has 1 heterocycles. The Bertz CT molecular complexity index is 1090. The zero-order chi connectivity index (χ0) is 20.3. The van der Waals surface area contributed by atoms with Crippen LogP contribution in [0.25, 0.3) is 11.5 Å². The van der Waals surface area contributed by atoms with E-state index in [1.54, 1.807) is 12.1 Å². The van der Waals surface area contributed by atoms with Gasteiger partial charge in [0.05, 0.1) is 22.6 Å². The Labute approximate surface area is 166 Å². The van der Waals surface area contributed by atoms with Gasteiger partial charge in [-0.15, -0.1) is 0 Å². The molecule has 1 aromatic heterocycles. The fourth-order valence-electron chi connectivity index (χ4n) is 2.46. The van der Waals surface area contributed by atoms with Crippen LogP contribution >= 0.6 is 11.6 Å². The van der Waals surface area contributed by atoms with E-state index in [1.807, 2.05) is 0 Å². The summed E-state index contributed by atoms with van der Waals surface area (Å²) in [6.45, 7) is 0.0994. The largest absolute Gasteiger partial charge is 0.495 e. The summed E-state index contributed by atoms with van der Waals surface area (Å²) < 4.78 is 50.4. The maximum atomic E-state index is 13.8. The van der Waals surface area contributed by atoms with E-state index in [4.69, 9.17) is 20.9 Å². The molecular formula is C18H17ClFN3O4S. The van der Waals surface area contributed by atoms with Gasteiger partial charge in [0.25, 0.3) is 5.89 Å². The quantitative estimate of drug-likeness (QED) is 0.576. The molecule has 0 fully saturated rings. The molecule has 148 valence electrons. The molecule has 0 amide bonds. The number of aromatic nitrogens is 2. The average molecular weight is 426 g/mol. The minimum Gasteiger partial charge on any atom is -0.495 e. The summed E-state index contributed by atoms with van der Waals surface area (Å²) in [5, 5.41) is 3.98. The molecule has 0 atom stereocenters. The van der Waals surface area contributed by atoms with E-state index in [1.165, 1.54) is 44.5 Å². The summed E-state index contributed by atoms with van der Waals surface area (Å²) in [5.74, 6) is 0.220. The number of likely N-dealkylation sites (N-methyl/N-ethyl adjacent to an activating group) is 1. The van der Waals surface area contributed by atoms with Gasteiger partial charge in [-0.2, -0.15) is 4.98 Å². The van der Waals surface area contributed by atoms with Crippen LogP contribution in [0, 0.1) is 5.82 Å². The van der Waals surface area contributed by atoms with Crippen LogP contribution in [0.5, 0.6) is 5.75 Å². The smallest absolute Gasteiger partial charge is 0.260 e. The zero-order valence-corrected chi connectivity index (χ0v) is 16.7. The van der Waals surface area contributed by atoms with E-state index in [9.17, 15) is 12.8 Å². The van der Waals surface area contributed by atoms with Crippen molar-refractivity contribution in [3.8, 4) is 17.2 Å². The van der Waals surface area contributed by atoms with Crippen molar-refractivity contribution < 1.29 is 22.1 Å². The van der Waals surface area contributed by atoms with Crippen molar-refractivity contribution >= 4 is 21.6 Å². The second-order valence-electron chi connectivity index (χ2n) is 5.87. The Kier molecular flexibility index (Phi) is 5.97. The first kappa shape index (κ1) is 20.2. The number of methoxy groups -OCH3 is 1. The third kappa shape index (κ3) is 4.16. The van der Waals surface area contributed by atoms with Crippen molar-refractivity contribution in [1.29, 1.82) is 0 Å². The maximum absolute atomic E-state index is 13.8. The van der Waals surface area contributed by atoms with E-state index >= 15 is 0 Å². The van der Waals surface area contributed by atoms with E-state index in [0.29, 0.717) is 5.75 Å². The maximum Gasteiger partial charge on any atom is 0.260 e. The van der Waals surface area contributed by atoms with Crippen molar-refractivity contribution in [2.24, 2.45) is 0 Å². The molecule has 0 aliphatic carbocycles. The third-order valence-corrected chi connectivity index (χ3v) is 6.20. The van der Waals surface area contributed by atoms with Gasteiger partial charge in [-0.25, -0.2) is 17.1 Å².